The van der Waals surface area contributed by atoms with Gasteiger partial charge in [0.1, 0.15) is 5.82 Å². The molecule has 1 aliphatic rings. The van der Waals surface area contributed by atoms with Crippen molar-refractivity contribution in [3.05, 3.63) is 70.8 Å². The Morgan fingerprint density at radius 3 is 2.72 bits per heavy atom. The van der Waals surface area contributed by atoms with Crippen molar-refractivity contribution in [3.8, 4) is 11.5 Å². The van der Waals surface area contributed by atoms with Crippen molar-refractivity contribution in [2.45, 2.75) is 25.4 Å². The number of likely N-dealkylation sites (tertiary alicyclic amines) is 1. The number of nitrogens with zero attached hydrogens (tertiary/aromatic N) is 3. The maximum absolute atomic E-state index is 13.7. The molecule has 0 radical (unpaired) electrons. The fraction of sp³-hybridized carbons (Fsp3) is 0.286. The highest BCUT2D eigenvalue weighted by Gasteiger charge is 2.23. The van der Waals surface area contributed by atoms with Gasteiger partial charge in [-0.15, -0.1) is 10.2 Å². The molecule has 1 N–H and O–H groups in total. The number of halogens is 2. The third-order valence-corrected chi connectivity index (χ3v) is 5.17. The second kappa shape index (κ2) is 8.71. The summed E-state index contributed by atoms with van der Waals surface area (Å²) in [6.45, 7) is 2.09. The summed E-state index contributed by atoms with van der Waals surface area (Å²) in [6.07, 6.45) is 1.55. The maximum Gasteiger partial charge on any atom is 0.254 e. The summed E-state index contributed by atoms with van der Waals surface area (Å²) in [6, 6.07) is 13.3. The van der Waals surface area contributed by atoms with Crippen LogP contribution in [0.4, 0.5) is 4.39 Å². The molecule has 2 heterocycles. The summed E-state index contributed by atoms with van der Waals surface area (Å²) in [5.74, 6) is 0.0994. The molecule has 1 aromatic heterocycles. The van der Waals surface area contributed by atoms with E-state index in [9.17, 15) is 9.18 Å². The van der Waals surface area contributed by atoms with Crippen molar-refractivity contribution >= 4 is 17.5 Å². The Hall–Kier alpha value is -2.77. The molecule has 1 fully saturated rings. The van der Waals surface area contributed by atoms with Gasteiger partial charge in [0.15, 0.2) is 0 Å². The molecule has 0 saturated carbocycles. The lowest BCUT2D eigenvalue weighted by Crippen LogP contribution is -2.44. The van der Waals surface area contributed by atoms with Gasteiger partial charge >= 0.3 is 0 Å². The fourth-order valence-corrected chi connectivity index (χ4v) is 3.58. The summed E-state index contributed by atoms with van der Waals surface area (Å²) in [5.41, 5.74) is 0.861. The van der Waals surface area contributed by atoms with Crippen LogP contribution in [0, 0.1) is 5.82 Å². The summed E-state index contributed by atoms with van der Waals surface area (Å²) in [4.78, 5) is 14.5. The molecular formula is C21H20ClFN4O2. The number of piperidine rings is 1. The Kier molecular flexibility index (Phi) is 5.87. The Labute approximate surface area is 172 Å². The van der Waals surface area contributed by atoms with E-state index < -0.39 is 5.82 Å². The molecule has 0 aliphatic carbocycles. The highest BCUT2D eigenvalue weighted by molar-refractivity contribution is 6.30. The average Bonchev–Trinajstić information content (AvgIpc) is 3.18. The van der Waals surface area contributed by atoms with Gasteiger partial charge in [0, 0.05) is 29.7 Å². The second-order valence-electron chi connectivity index (χ2n) is 7.02. The van der Waals surface area contributed by atoms with Crippen LogP contribution in [0.3, 0.4) is 0 Å². The minimum Gasteiger partial charge on any atom is -0.419 e. The van der Waals surface area contributed by atoms with Crippen LogP contribution in [-0.2, 0) is 6.54 Å². The van der Waals surface area contributed by atoms with E-state index in [0.29, 0.717) is 23.3 Å². The smallest absolute Gasteiger partial charge is 0.254 e. The second-order valence-corrected chi connectivity index (χ2v) is 7.45. The molecule has 150 valence electrons. The van der Waals surface area contributed by atoms with Crippen LogP contribution < -0.4 is 5.32 Å². The first-order valence-electron chi connectivity index (χ1n) is 9.44. The van der Waals surface area contributed by atoms with E-state index in [-0.39, 0.29) is 17.5 Å². The molecule has 0 unspecified atom stereocenters. The van der Waals surface area contributed by atoms with Gasteiger partial charge in [-0.05, 0) is 43.2 Å². The Morgan fingerprint density at radius 1 is 1.17 bits per heavy atom. The molecule has 0 spiro atoms. The minimum absolute atomic E-state index is 0.0167. The van der Waals surface area contributed by atoms with Crippen molar-refractivity contribution in [2.75, 3.05) is 13.1 Å². The number of benzene rings is 2. The summed E-state index contributed by atoms with van der Waals surface area (Å²) in [7, 11) is 0. The molecule has 0 atom stereocenters. The lowest BCUT2D eigenvalue weighted by Gasteiger charge is -2.31. The van der Waals surface area contributed by atoms with Crippen molar-refractivity contribution in [1.29, 1.82) is 0 Å². The van der Waals surface area contributed by atoms with Crippen LogP contribution in [-0.4, -0.2) is 40.1 Å². The lowest BCUT2D eigenvalue weighted by atomic mass is 10.0. The fourth-order valence-electron chi connectivity index (χ4n) is 3.39. The van der Waals surface area contributed by atoms with E-state index in [4.69, 9.17) is 16.0 Å². The van der Waals surface area contributed by atoms with Gasteiger partial charge in [-0.25, -0.2) is 4.39 Å². The zero-order chi connectivity index (χ0) is 20.2. The maximum atomic E-state index is 13.7. The SMILES string of the molecule is O=C(NC1CCN(Cc2nnc(-c3cccc(Cl)c3)o2)CC1)c1ccccc1F. The highest BCUT2D eigenvalue weighted by atomic mass is 35.5. The zero-order valence-corrected chi connectivity index (χ0v) is 16.4. The number of nitrogens with one attached hydrogen (secondary N) is 1. The van der Waals surface area contributed by atoms with Gasteiger partial charge in [0.25, 0.3) is 5.91 Å². The number of hydrogen-bond acceptors (Lipinski definition) is 5. The molecule has 29 heavy (non-hydrogen) atoms. The van der Waals surface area contributed by atoms with Gasteiger partial charge in [-0.3, -0.25) is 9.69 Å². The summed E-state index contributed by atoms with van der Waals surface area (Å²) in [5, 5.41) is 11.7. The lowest BCUT2D eigenvalue weighted by molar-refractivity contribution is 0.0901. The van der Waals surface area contributed by atoms with Gasteiger partial charge in [-0.1, -0.05) is 29.8 Å². The van der Waals surface area contributed by atoms with Crippen LogP contribution in [0.25, 0.3) is 11.5 Å². The predicted octanol–water partition coefficient (Wildman–Crippen LogP) is 3.92. The first kappa shape index (κ1) is 19.5. The van der Waals surface area contributed by atoms with Crippen LogP contribution in [0.2, 0.25) is 5.02 Å². The number of aromatic nitrogens is 2. The molecular weight excluding hydrogens is 395 g/mol. The normalized spacial score (nSPS) is 15.4. The van der Waals surface area contributed by atoms with Gasteiger partial charge in [0.05, 0.1) is 12.1 Å². The minimum atomic E-state index is -0.505. The number of carbonyl (C=O) groups is 1. The topological polar surface area (TPSA) is 71.3 Å². The molecule has 1 amide bonds. The van der Waals surface area contributed by atoms with E-state index in [1.54, 1.807) is 24.3 Å². The molecule has 6 nitrogen and oxygen atoms in total. The number of hydrogen-bond donors (Lipinski definition) is 1. The zero-order valence-electron chi connectivity index (χ0n) is 15.6. The average molecular weight is 415 g/mol. The first-order chi connectivity index (χ1) is 14.1. The molecule has 1 saturated heterocycles. The van der Waals surface area contributed by atoms with Crippen molar-refractivity contribution < 1.29 is 13.6 Å². The Balaban J connectivity index is 1.29. The highest BCUT2D eigenvalue weighted by Crippen LogP contribution is 2.22. The molecule has 1 aliphatic heterocycles. The summed E-state index contributed by atoms with van der Waals surface area (Å²) >= 11 is 6.01. The molecule has 3 aromatic rings. The first-order valence-corrected chi connectivity index (χ1v) is 9.82. The van der Waals surface area contributed by atoms with Gasteiger partial charge in [0.2, 0.25) is 11.8 Å². The quantitative estimate of drug-likeness (QED) is 0.685. The Morgan fingerprint density at radius 2 is 1.97 bits per heavy atom. The monoisotopic (exact) mass is 414 g/mol. The molecule has 4 rings (SSSR count). The molecule has 0 bridgehead atoms. The Bertz CT molecular complexity index is 1000. The van der Waals surface area contributed by atoms with Crippen LogP contribution in [0.15, 0.2) is 52.9 Å². The predicted molar refractivity (Wildman–Crippen MR) is 107 cm³/mol. The molecule has 8 heteroatoms. The van der Waals surface area contributed by atoms with Crippen LogP contribution in [0.1, 0.15) is 29.1 Å². The van der Waals surface area contributed by atoms with E-state index in [1.165, 1.54) is 12.1 Å². The number of carbonyl (C=O) groups excluding carboxylic acids is 1. The third-order valence-electron chi connectivity index (χ3n) is 4.94. The summed E-state index contributed by atoms with van der Waals surface area (Å²) < 4.78 is 19.5. The van der Waals surface area contributed by atoms with Gasteiger partial charge in [-0.2, -0.15) is 0 Å². The van der Waals surface area contributed by atoms with Gasteiger partial charge < -0.3 is 9.73 Å². The van der Waals surface area contributed by atoms with Crippen LogP contribution in [0.5, 0.6) is 0 Å². The van der Waals surface area contributed by atoms with E-state index in [1.807, 2.05) is 12.1 Å². The number of rotatable bonds is 5. The van der Waals surface area contributed by atoms with Crippen molar-refractivity contribution in [2.24, 2.45) is 0 Å². The number of amides is 1. The van der Waals surface area contributed by atoms with E-state index >= 15 is 0 Å². The third kappa shape index (κ3) is 4.81. The van der Waals surface area contributed by atoms with Crippen LogP contribution >= 0.6 is 11.6 Å². The standard InChI is InChI=1S/C21H20ClFN4O2/c22-15-5-3-4-14(12-15)21-26-25-19(29-21)13-27-10-8-16(9-11-27)24-20(28)17-6-1-2-7-18(17)23/h1-7,12,16H,8-11,13H2,(H,24,28). The van der Waals surface area contributed by atoms with Crippen molar-refractivity contribution in [1.82, 2.24) is 20.4 Å². The van der Waals surface area contributed by atoms with Crippen molar-refractivity contribution in [3.63, 3.8) is 0 Å². The molecule has 2 aromatic carbocycles. The van der Waals surface area contributed by atoms with E-state index in [2.05, 4.69) is 20.4 Å². The van der Waals surface area contributed by atoms with E-state index in [0.717, 1.165) is 31.5 Å². The largest absolute Gasteiger partial charge is 0.419 e.